The summed E-state index contributed by atoms with van der Waals surface area (Å²) in [5.74, 6) is 0.202. The third-order valence-corrected chi connectivity index (χ3v) is 5.14. The van der Waals surface area contributed by atoms with Gasteiger partial charge in [0.2, 0.25) is 0 Å². The maximum atomic E-state index is 14.2. The van der Waals surface area contributed by atoms with Gasteiger partial charge in [-0.05, 0) is 55.7 Å². The second-order valence-corrected chi connectivity index (χ2v) is 6.77. The van der Waals surface area contributed by atoms with Crippen molar-refractivity contribution in [3.63, 3.8) is 0 Å². The van der Waals surface area contributed by atoms with E-state index in [2.05, 4.69) is 6.07 Å². The van der Waals surface area contributed by atoms with Crippen LogP contribution in [0.3, 0.4) is 0 Å². The van der Waals surface area contributed by atoms with Gasteiger partial charge in [-0.3, -0.25) is 0 Å². The van der Waals surface area contributed by atoms with E-state index in [1.165, 1.54) is 18.2 Å². The van der Waals surface area contributed by atoms with Crippen molar-refractivity contribution in [2.45, 2.75) is 25.7 Å². The van der Waals surface area contributed by atoms with E-state index < -0.39 is 0 Å². The molecule has 1 aromatic heterocycles. The highest BCUT2D eigenvalue weighted by Crippen LogP contribution is 2.38. The van der Waals surface area contributed by atoms with E-state index in [-0.39, 0.29) is 11.6 Å². The number of nitrogens with zero attached hydrogens (tertiary/aromatic N) is 1. The molecule has 0 spiro atoms. The minimum atomic E-state index is -0.355. The number of benzene rings is 2. The molecule has 0 radical (unpaired) electrons. The number of ether oxygens (including phenoxy) is 2. The van der Waals surface area contributed by atoms with Crippen LogP contribution in [-0.2, 0) is 4.74 Å². The van der Waals surface area contributed by atoms with E-state index >= 15 is 0 Å². The Hall–Kier alpha value is -2.40. The lowest BCUT2D eigenvalue weighted by atomic mass is 9.96. The second kappa shape index (κ2) is 6.72. The van der Waals surface area contributed by atoms with E-state index in [1.807, 2.05) is 4.57 Å². The molecule has 0 unspecified atom stereocenters. The molecule has 0 amide bonds. The Balaban J connectivity index is 2.00. The fraction of sp³-hybridized carbons (Fsp3) is 0.333. The summed E-state index contributed by atoms with van der Waals surface area (Å²) in [7, 11) is 1.54. The van der Waals surface area contributed by atoms with Gasteiger partial charge < -0.3 is 14.0 Å². The molecular weight excluding hydrogens is 336 g/mol. The minimum Gasteiger partial charge on any atom is -0.496 e. The Labute approximate surface area is 151 Å². The molecule has 0 bridgehead atoms. The molecule has 0 atom stereocenters. The zero-order valence-corrected chi connectivity index (χ0v) is 14.9. The van der Waals surface area contributed by atoms with Crippen LogP contribution in [-0.4, -0.2) is 24.9 Å². The molecule has 1 saturated heterocycles. The van der Waals surface area contributed by atoms with E-state index in [9.17, 15) is 8.78 Å². The smallest absolute Gasteiger partial charge is 0.131 e. The van der Waals surface area contributed by atoms with E-state index in [4.69, 9.17) is 9.47 Å². The Morgan fingerprint density at radius 1 is 1.08 bits per heavy atom. The summed E-state index contributed by atoms with van der Waals surface area (Å²) in [5.41, 5.74) is 3.20. The molecule has 3 nitrogen and oxygen atoms in total. The molecule has 3 aromatic rings. The first-order chi connectivity index (χ1) is 12.6. The standard InChI is InChI=1S/C21H21F2NO2/c1-13-9-16(3-4-18(13)23)24-19(14-5-7-26-8-6-14)12-17-20(24)10-15(22)11-21(17)25-2/h3-4,9-12,14H,5-8H2,1-2H3. The SMILES string of the molecule is COc1cc(F)cc2c1cc(C1CCOCC1)n2-c1ccc(F)c(C)c1. The predicted octanol–water partition coefficient (Wildman–Crippen LogP) is 5.12. The molecule has 1 aliphatic rings. The molecular formula is C21H21F2NO2. The van der Waals surface area contributed by atoms with Crippen LogP contribution in [0.25, 0.3) is 16.6 Å². The molecule has 1 aliphatic heterocycles. The van der Waals surface area contributed by atoms with Crippen LogP contribution in [0.15, 0.2) is 36.4 Å². The fourth-order valence-electron chi connectivity index (χ4n) is 3.78. The molecule has 136 valence electrons. The van der Waals surface area contributed by atoms with Crippen LogP contribution >= 0.6 is 0 Å². The molecule has 5 heteroatoms. The number of aryl methyl sites for hydroxylation is 1. The van der Waals surface area contributed by atoms with Gasteiger partial charge >= 0.3 is 0 Å². The number of rotatable bonds is 3. The van der Waals surface area contributed by atoms with Gasteiger partial charge in [-0.1, -0.05) is 0 Å². The van der Waals surface area contributed by atoms with Gasteiger partial charge in [0, 0.05) is 42.0 Å². The highest BCUT2D eigenvalue weighted by Gasteiger charge is 2.24. The normalized spacial score (nSPS) is 15.5. The Morgan fingerprint density at radius 2 is 1.85 bits per heavy atom. The molecule has 4 rings (SSSR count). The maximum Gasteiger partial charge on any atom is 0.131 e. The van der Waals surface area contributed by atoms with E-state index in [0.29, 0.717) is 30.4 Å². The lowest BCUT2D eigenvalue weighted by Crippen LogP contribution is -2.16. The van der Waals surface area contributed by atoms with Crippen molar-refractivity contribution in [2.24, 2.45) is 0 Å². The zero-order chi connectivity index (χ0) is 18.3. The second-order valence-electron chi connectivity index (χ2n) is 6.77. The third kappa shape index (κ3) is 2.86. The molecule has 26 heavy (non-hydrogen) atoms. The molecule has 0 saturated carbocycles. The summed E-state index contributed by atoms with van der Waals surface area (Å²) < 4.78 is 40.9. The Morgan fingerprint density at radius 3 is 2.54 bits per heavy atom. The van der Waals surface area contributed by atoms with Crippen LogP contribution in [0.1, 0.15) is 30.0 Å². The number of fused-ring (bicyclic) bond motifs is 1. The van der Waals surface area contributed by atoms with Crippen molar-refractivity contribution < 1.29 is 18.3 Å². The van der Waals surface area contributed by atoms with Crippen molar-refractivity contribution in [3.05, 3.63) is 59.3 Å². The summed E-state index contributed by atoms with van der Waals surface area (Å²) in [6, 6.07) is 9.98. The zero-order valence-electron chi connectivity index (χ0n) is 14.9. The minimum absolute atomic E-state index is 0.249. The quantitative estimate of drug-likeness (QED) is 0.649. The van der Waals surface area contributed by atoms with Crippen LogP contribution in [0.2, 0.25) is 0 Å². The van der Waals surface area contributed by atoms with Gasteiger partial charge in [0.1, 0.15) is 17.4 Å². The molecule has 0 aliphatic carbocycles. The highest BCUT2D eigenvalue weighted by molar-refractivity contribution is 5.89. The first kappa shape index (κ1) is 17.0. The van der Waals surface area contributed by atoms with Gasteiger partial charge in [-0.2, -0.15) is 0 Å². The van der Waals surface area contributed by atoms with Crippen LogP contribution in [0.4, 0.5) is 8.78 Å². The number of aromatic nitrogens is 1. The van der Waals surface area contributed by atoms with Crippen molar-refractivity contribution >= 4 is 10.9 Å². The molecule has 2 aromatic carbocycles. The van der Waals surface area contributed by atoms with Gasteiger partial charge in [-0.15, -0.1) is 0 Å². The highest BCUT2D eigenvalue weighted by atomic mass is 19.1. The number of methoxy groups -OCH3 is 1. The fourth-order valence-corrected chi connectivity index (χ4v) is 3.78. The van der Waals surface area contributed by atoms with Crippen LogP contribution < -0.4 is 4.74 Å². The Kier molecular flexibility index (Phi) is 4.41. The van der Waals surface area contributed by atoms with Crippen molar-refractivity contribution in [1.29, 1.82) is 0 Å². The molecule has 2 heterocycles. The lowest BCUT2D eigenvalue weighted by Gasteiger charge is -2.24. The van der Waals surface area contributed by atoms with Crippen molar-refractivity contribution in [3.8, 4) is 11.4 Å². The third-order valence-electron chi connectivity index (χ3n) is 5.14. The number of hydrogen-bond acceptors (Lipinski definition) is 2. The maximum absolute atomic E-state index is 14.2. The van der Waals surface area contributed by atoms with Crippen molar-refractivity contribution in [1.82, 2.24) is 4.57 Å². The van der Waals surface area contributed by atoms with Gasteiger partial charge in [0.25, 0.3) is 0 Å². The topological polar surface area (TPSA) is 23.4 Å². The van der Waals surface area contributed by atoms with Crippen LogP contribution in [0.5, 0.6) is 5.75 Å². The van der Waals surface area contributed by atoms with E-state index in [0.717, 1.165) is 35.1 Å². The van der Waals surface area contributed by atoms with Crippen LogP contribution in [0, 0.1) is 18.6 Å². The molecule has 0 N–H and O–H groups in total. The average Bonchev–Trinajstić information content (AvgIpc) is 3.03. The first-order valence-corrected chi connectivity index (χ1v) is 8.81. The number of hydrogen-bond donors (Lipinski definition) is 0. The monoisotopic (exact) mass is 357 g/mol. The number of halogens is 2. The lowest BCUT2D eigenvalue weighted by molar-refractivity contribution is 0.0842. The largest absolute Gasteiger partial charge is 0.496 e. The summed E-state index contributed by atoms with van der Waals surface area (Å²) in [6.45, 7) is 3.15. The Bertz CT molecular complexity index is 958. The van der Waals surface area contributed by atoms with E-state index in [1.54, 1.807) is 26.2 Å². The van der Waals surface area contributed by atoms with Gasteiger partial charge in [0.15, 0.2) is 0 Å². The average molecular weight is 357 g/mol. The van der Waals surface area contributed by atoms with Gasteiger partial charge in [0.05, 0.1) is 12.6 Å². The predicted molar refractivity (Wildman–Crippen MR) is 97.3 cm³/mol. The first-order valence-electron chi connectivity index (χ1n) is 8.81. The summed E-state index contributed by atoms with van der Waals surface area (Å²) >= 11 is 0. The summed E-state index contributed by atoms with van der Waals surface area (Å²) in [6.07, 6.45) is 1.81. The molecule has 1 fully saturated rings. The summed E-state index contributed by atoms with van der Waals surface area (Å²) in [4.78, 5) is 0. The summed E-state index contributed by atoms with van der Waals surface area (Å²) in [5, 5.41) is 0.859. The van der Waals surface area contributed by atoms with Crippen molar-refractivity contribution in [2.75, 3.05) is 20.3 Å². The van der Waals surface area contributed by atoms with Gasteiger partial charge in [-0.25, -0.2) is 8.78 Å².